The summed E-state index contributed by atoms with van der Waals surface area (Å²) in [5, 5.41) is 0. The van der Waals surface area contributed by atoms with Crippen LogP contribution in [0.15, 0.2) is 93.6 Å². The van der Waals surface area contributed by atoms with Crippen LogP contribution in [0.5, 0.6) is 0 Å². The van der Waals surface area contributed by atoms with Gasteiger partial charge in [-0.25, -0.2) is 18.6 Å². The largest absolute Gasteiger partial charge is 0.813 e. The van der Waals surface area contributed by atoms with E-state index in [-0.39, 0.29) is 24.4 Å². The summed E-state index contributed by atoms with van der Waals surface area (Å²) in [4.78, 5) is 4.24. The van der Waals surface area contributed by atoms with Crippen molar-refractivity contribution >= 4 is 24.4 Å². The summed E-state index contributed by atoms with van der Waals surface area (Å²) in [7, 11) is -4.91. The molecule has 4 nitrogen and oxygen atoms in total. The molecule has 2 aromatic rings. The van der Waals surface area contributed by atoms with E-state index in [9.17, 15) is 0 Å². The standard InChI is InChI=1S/C18H17S.ClHO4.H2S/c1-4-10-16(11-5-1)19(17-12-6-2-7-13-17)18-14-8-3-9-15-18;2-1(3,4)5;/h1-2,4-8,10-15H,3,9H2;(H,2,3,4,5);1H2/q+1;;/p-2. The van der Waals surface area contributed by atoms with Gasteiger partial charge >= 0.3 is 0 Å². The van der Waals surface area contributed by atoms with Gasteiger partial charge < -0.3 is 13.5 Å². The van der Waals surface area contributed by atoms with Crippen LogP contribution in [0.25, 0.3) is 0 Å². The summed E-state index contributed by atoms with van der Waals surface area (Å²) in [6.45, 7) is 0. The van der Waals surface area contributed by atoms with E-state index >= 15 is 0 Å². The lowest BCUT2D eigenvalue weighted by Gasteiger charge is -2.17. The maximum absolute atomic E-state index is 8.49. The summed E-state index contributed by atoms with van der Waals surface area (Å²) >= 11 is 0. The second kappa shape index (κ2) is 10.7. The molecule has 7 heteroatoms. The number of rotatable bonds is 3. The molecule has 1 aliphatic carbocycles. The van der Waals surface area contributed by atoms with E-state index in [4.69, 9.17) is 18.6 Å². The van der Waals surface area contributed by atoms with Gasteiger partial charge in [-0.15, -0.1) is 10.2 Å². The van der Waals surface area contributed by atoms with Crippen LogP contribution in [-0.2, 0) is 24.4 Å². The number of thiol groups is 1. The molecule has 25 heavy (non-hydrogen) atoms. The Morgan fingerprint density at radius 1 is 0.720 bits per heavy atom. The zero-order valence-corrected chi connectivity index (χ0v) is 15.8. The first-order valence-electron chi connectivity index (χ1n) is 7.28. The van der Waals surface area contributed by atoms with Crippen molar-refractivity contribution in [3.8, 4) is 0 Å². The first kappa shape index (κ1) is 21.8. The zero-order valence-electron chi connectivity index (χ0n) is 13.3. The molecule has 0 heterocycles. The van der Waals surface area contributed by atoms with Crippen LogP contribution < -0.4 is 18.6 Å². The van der Waals surface area contributed by atoms with Crippen LogP contribution in [0.4, 0.5) is 0 Å². The fourth-order valence-electron chi connectivity index (χ4n) is 2.26. The summed E-state index contributed by atoms with van der Waals surface area (Å²) in [5.41, 5.74) is 0. The lowest BCUT2D eigenvalue weighted by Crippen LogP contribution is -2.68. The fourth-order valence-corrected chi connectivity index (χ4v) is 4.45. The number of halogens is 1. The van der Waals surface area contributed by atoms with E-state index in [0.717, 1.165) is 6.42 Å². The summed E-state index contributed by atoms with van der Waals surface area (Å²) in [6.07, 6.45) is 9.32. The van der Waals surface area contributed by atoms with E-state index in [2.05, 4.69) is 78.9 Å². The van der Waals surface area contributed by atoms with E-state index < -0.39 is 10.2 Å². The molecule has 134 valence electrons. The van der Waals surface area contributed by atoms with Gasteiger partial charge in [0.2, 0.25) is 0 Å². The molecular formula is C18H18ClO4S2-. The van der Waals surface area contributed by atoms with Crippen molar-refractivity contribution in [3.63, 3.8) is 0 Å². The van der Waals surface area contributed by atoms with Crippen molar-refractivity contribution in [1.29, 1.82) is 0 Å². The van der Waals surface area contributed by atoms with Gasteiger partial charge in [0, 0.05) is 0 Å². The Balaban J connectivity index is 0.000000462. The molecule has 0 bridgehead atoms. The highest BCUT2D eigenvalue weighted by Crippen LogP contribution is 2.32. The van der Waals surface area contributed by atoms with Gasteiger partial charge in [0.25, 0.3) is 0 Å². The molecule has 0 aromatic heterocycles. The molecule has 2 aromatic carbocycles. The molecular weight excluding hydrogens is 380 g/mol. The Morgan fingerprint density at radius 2 is 1.16 bits per heavy atom. The van der Waals surface area contributed by atoms with E-state index in [1.54, 1.807) is 0 Å². The molecule has 0 radical (unpaired) electrons. The van der Waals surface area contributed by atoms with Gasteiger partial charge in [0.1, 0.15) is 0 Å². The van der Waals surface area contributed by atoms with Crippen molar-refractivity contribution in [1.82, 2.24) is 0 Å². The van der Waals surface area contributed by atoms with E-state index in [1.165, 1.54) is 21.1 Å². The first-order valence-corrected chi connectivity index (χ1v) is 9.74. The predicted octanol–water partition coefficient (Wildman–Crippen LogP) is -0.0693. The van der Waals surface area contributed by atoms with E-state index in [1.807, 2.05) is 0 Å². The third kappa shape index (κ3) is 8.11. The molecule has 0 unspecified atom stereocenters. The molecule has 1 aliphatic rings. The highest BCUT2D eigenvalue weighted by molar-refractivity contribution is 8.00. The second-order valence-electron chi connectivity index (χ2n) is 4.90. The van der Waals surface area contributed by atoms with Crippen molar-refractivity contribution in [3.05, 3.63) is 83.8 Å². The number of allylic oxidation sites excluding steroid dienone is 3. The molecule has 0 saturated heterocycles. The molecule has 0 fully saturated rings. The van der Waals surface area contributed by atoms with Gasteiger partial charge in [0.05, 0.1) is 10.9 Å². The fraction of sp³-hybridized carbons (Fsp3) is 0.111. The van der Waals surface area contributed by atoms with Crippen molar-refractivity contribution in [2.45, 2.75) is 22.6 Å². The molecule has 0 spiro atoms. The van der Waals surface area contributed by atoms with Crippen LogP contribution in [0.1, 0.15) is 12.8 Å². The van der Waals surface area contributed by atoms with Gasteiger partial charge in [-0.05, 0) is 49.3 Å². The SMILES string of the molecule is C1=CC([S+](c2ccccc2)c2ccccc2)=CCC1.[O-][Cl+3]([O-])([O-])[O-].[SH-]. The molecule has 3 rings (SSSR count). The smallest absolute Gasteiger partial charge is 0.166 e. The second-order valence-corrected chi connectivity index (χ2v) is 7.68. The van der Waals surface area contributed by atoms with Crippen molar-refractivity contribution < 1.29 is 28.9 Å². The Kier molecular flexibility index (Phi) is 9.31. The van der Waals surface area contributed by atoms with Crippen molar-refractivity contribution in [2.75, 3.05) is 0 Å². The summed E-state index contributed by atoms with van der Waals surface area (Å²) < 4.78 is 34.0. The third-order valence-corrected chi connectivity index (χ3v) is 5.42. The number of hydrogen-bond acceptors (Lipinski definition) is 5. The topological polar surface area (TPSA) is 92.2 Å². The van der Waals surface area contributed by atoms with Crippen LogP contribution in [-0.4, -0.2) is 0 Å². The van der Waals surface area contributed by atoms with Gasteiger partial charge in [-0.1, -0.05) is 42.5 Å². The molecule has 0 amide bonds. The lowest BCUT2D eigenvalue weighted by atomic mass is 10.2. The average molecular weight is 398 g/mol. The van der Waals surface area contributed by atoms with Crippen molar-refractivity contribution in [2.24, 2.45) is 0 Å². The lowest BCUT2D eigenvalue weighted by molar-refractivity contribution is -2.00. The minimum atomic E-state index is -4.94. The number of benzene rings is 2. The van der Waals surface area contributed by atoms with Crippen LogP contribution in [0.2, 0.25) is 0 Å². The third-order valence-electron chi connectivity index (χ3n) is 3.15. The van der Waals surface area contributed by atoms with Gasteiger partial charge in [0.15, 0.2) is 14.7 Å². The molecule has 0 aliphatic heterocycles. The Morgan fingerprint density at radius 3 is 1.52 bits per heavy atom. The summed E-state index contributed by atoms with van der Waals surface area (Å²) in [6, 6.07) is 21.6. The van der Waals surface area contributed by atoms with E-state index in [0.29, 0.717) is 0 Å². The molecule has 0 atom stereocenters. The average Bonchev–Trinajstić information content (AvgIpc) is 2.57. The van der Waals surface area contributed by atoms with Crippen LogP contribution in [0.3, 0.4) is 0 Å². The maximum atomic E-state index is 8.49. The quantitative estimate of drug-likeness (QED) is 0.410. The number of hydrogen-bond donors (Lipinski definition) is 0. The Hall–Kier alpha value is -1.25. The Labute approximate surface area is 159 Å². The molecule has 0 N–H and O–H groups in total. The monoisotopic (exact) mass is 397 g/mol. The minimum absolute atomic E-state index is 0. The van der Waals surface area contributed by atoms with Crippen LogP contribution in [0, 0.1) is 10.2 Å². The highest BCUT2D eigenvalue weighted by atomic mass is 35.7. The summed E-state index contributed by atoms with van der Waals surface area (Å²) in [5.74, 6) is 0. The maximum Gasteiger partial charge on any atom is 0.166 e. The first-order chi connectivity index (χ1) is 11.4. The minimum Gasteiger partial charge on any atom is -0.813 e. The van der Waals surface area contributed by atoms with Gasteiger partial charge in [-0.2, -0.15) is 0 Å². The molecule has 0 saturated carbocycles. The highest BCUT2D eigenvalue weighted by Gasteiger charge is 2.29. The predicted molar refractivity (Wildman–Crippen MR) is 92.0 cm³/mol. The Bertz CT molecular complexity index is 640. The van der Waals surface area contributed by atoms with Gasteiger partial charge in [-0.3, -0.25) is 0 Å². The van der Waals surface area contributed by atoms with Crippen LogP contribution >= 0.6 is 0 Å². The zero-order chi connectivity index (χ0) is 17.4. The normalized spacial score (nSPS) is 13.4.